The van der Waals surface area contributed by atoms with Gasteiger partial charge < -0.3 is 30.1 Å². The Labute approximate surface area is 252 Å². The second kappa shape index (κ2) is 13.9. The van der Waals surface area contributed by atoms with Crippen molar-refractivity contribution in [2.75, 3.05) is 44.5 Å². The van der Waals surface area contributed by atoms with Crippen LogP contribution in [0.15, 0.2) is 77.7 Å². The molecule has 1 aliphatic heterocycles. The van der Waals surface area contributed by atoms with E-state index in [2.05, 4.69) is 10.6 Å². The first kappa shape index (κ1) is 31.8. The largest absolute Gasteiger partial charge is 0.497 e. The molecule has 3 aromatic carbocycles. The number of methoxy groups -OCH3 is 1. The van der Waals surface area contributed by atoms with Crippen molar-refractivity contribution in [3.05, 3.63) is 78.4 Å². The molecule has 0 aliphatic carbocycles. The molecule has 11 nitrogen and oxygen atoms in total. The SMILES string of the molecule is COc1ccc(S(=O)(=O)N(C)C[C@@H]2Oc3ccc(NC(=O)Nc4ccccc4)cc3CC(=O)N([C@H](C)CO)C[C@@H]2C)cc1. The van der Waals surface area contributed by atoms with Crippen molar-refractivity contribution in [1.29, 1.82) is 0 Å². The first-order valence-electron chi connectivity index (χ1n) is 13.9. The van der Waals surface area contributed by atoms with E-state index in [1.807, 2.05) is 25.1 Å². The number of aliphatic hydroxyl groups is 1. The molecule has 0 bridgehead atoms. The van der Waals surface area contributed by atoms with Gasteiger partial charge in [-0.25, -0.2) is 13.2 Å². The summed E-state index contributed by atoms with van der Waals surface area (Å²) in [7, 11) is -0.868. The third-order valence-electron chi connectivity index (χ3n) is 7.41. The zero-order valence-corrected chi connectivity index (χ0v) is 25.5. The lowest BCUT2D eigenvalue weighted by molar-refractivity contribution is -0.134. The first-order chi connectivity index (χ1) is 20.5. The quantitative estimate of drug-likeness (QED) is 0.335. The summed E-state index contributed by atoms with van der Waals surface area (Å²) in [5.74, 6) is 0.435. The number of nitrogens with one attached hydrogen (secondary N) is 2. The van der Waals surface area contributed by atoms with Crippen molar-refractivity contribution in [3.8, 4) is 11.5 Å². The van der Waals surface area contributed by atoms with Crippen LogP contribution in [0.2, 0.25) is 0 Å². The number of rotatable bonds is 9. The number of hydrogen-bond acceptors (Lipinski definition) is 7. The maximum Gasteiger partial charge on any atom is 0.323 e. The summed E-state index contributed by atoms with van der Waals surface area (Å²) in [4.78, 5) is 27.8. The average Bonchev–Trinajstić information content (AvgIpc) is 3.04. The molecular formula is C31H38N4O7S. The molecule has 1 aliphatic rings. The van der Waals surface area contributed by atoms with Crippen molar-refractivity contribution in [3.63, 3.8) is 0 Å². The number of carbonyl (C=O) groups excluding carboxylic acids is 2. The van der Waals surface area contributed by atoms with E-state index < -0.39 is 28.2 Å². The zero-order valence-electron chi connectivity index (χ0n) is 24.7. The van der Waals surface area contributed by atoms with E-state index in [1.165, 1.54) is 30.6 Å². The maximum absolute atomic E-state index is 13.5. The molecule has 0 fully saturated rings. The molecule has 0 aromatic heterocycles. The number of aliphatic hydroxyl groups excluding tert-OH is 1. The van der Waals surface area contributed by atoms with E-state index in [0.717, 1.165) is 0 Å². The third kappa shape index (κ3) is 7.83. The highest BCUT2D eigenvalue weighted by Gasteiger charge is 2.33. The first-order valence-corrected chi connectivity index (χ1v) is 15.4. The predicted molar refractivity (Wildman–Crippen MR) is 164 cm³/mol. The van der Waals surface area contributed by atoms with Gasteiger partial charge in [-0.15, -0.1) is 0 Å². The topological polar surface area (TPSA) is 138 Å². The van der Waals surface area contributed by atoms with Gasteiger partial charge in [0.1, 0.15) is 17.6 Å². The summed E-state index contributed by atoms with van der Waals surface area (Å²) in [6, 6.07) is 19.2. The van der Waals surface area contributed by atoms with Gasteiger partial charge in [0.15, 0.2) is 0 Å². The Kier molecular flexibility index (Phi) is 10.3. The fourth-order valence-electron chi connectivity index (χ4n) is 4.82. The number of hydrogen-bond donors (Lipinski definition) is 3. The Balaban J connectivity index is 1.61. The van der Waals surface area contributed by atoms with Gasteiger partial charge in [-0.2, -0.15) is 4.31 Å². The van der Waals surface area contributed by atoms with Gasteiger partial charge in [0.05, 0.1) is 37.6 Å². The Morgan fingerprint density at radius 1 is 1.09 bits per heavy atom. The number of para-hydroxylation sites is 1. The van der Waals surface area contributed by atoms with E-state index in [0.29, 0.717) is 28.4 Å². The molecule has 3 N–H and O–H groups in total. The summed E-state index contributed by atoms with van der Waals surface area (Å²) >= 11 is 0. The van der Waals surface area contributed by atoms with Gasteiger partial charge in [-0.3, -0.25) is 4.79 Å². The molecule has 3 atom stereocenters. The summed E-state index contributed by atoms with van der Waals surface area (Å²) < 4.78 is 39.6. The van der Waals surface area contributed by atoms with E-state index in [9.17, 15) is 23.1 Å². The molecule has 43 heavy (non-hydrogen) atoms. The number of anilines is 2. The third-order valence-corrected chi connectivity index (χ3v) is 9.25. The number of benzene rings is 3. The summed E-state index contributed by atoms with van der Waals surface area (Å²) in [5.41, 5.74) is 1.60. The van der Waals surface area contributed by atoms with Crippen LogP contribution in [-0.2, 0) is 21.2 Å². The molecule has 230 valence electrons. The molecule has 0 radical (unpaired) electrons. The minimum atomic E-state index is -3.86. The van der Waals surface area contributed by atoms with Crippen LogP contribution in [0.4, 0.5) is 16.2 Å². The van der Waals surface area contributed by atoms with Crippen molar-refractivity contribution >= 4 is 33.3 Å². The summed E-state index contributed by atoms with van der Waals surface area (Å²) in [6.07, 6.45) is -0.675. The lowest BCUT2D eigenvalue weighted by Crippen LogP contribution is -2.48. The number of ether oxygens (including phenoxy) is 2. The van der Waals surface area contributed by atoms with Gasteiger partial charge >= 0.3 is 6.03 Å². The van der Waals surface area contributed by atoms with Crippen LogP contribution in [0.3, 0.4) is 0 Å². The lowest BCUT2D eigenvalue weighted by Gasteiger charge is -2.33. The van der Waals surface area contributed by atoms with Crippen molar-refractivity contribution in [2.24, 2.45) is 5.92 Å². The second-order valence-corrected chi connectivity index (χ2v) is 12.7. The number of likely N-dealkylation sites (N-methyl/N-ethyl adjacent to an activating group) is 1. The van der Waals surface area contributed by atoms with Crippen molar-refractivity contribution in [2.45, 2.75) is 37.3 Å². The smallest absolute Gasteiger partial charge is 0.323 e. The van der Waals surface area contributed by atoms with E-state index in [-0.39, 0.29) is 42.8 Å². The highest BCUT2D eigenvalue weighted by molar-refractivity contribution is 7.89. The maximum atomic E-state index is 13.5. The second-order valence-electron chi connectivity index (χ2n) is 10.6. The number of carbonyl (C=O) groups is 2. The van der Waals surface area contributed by atoms with Crippen LogP contribution in [0.25, 0.3) is 0 Å². The molecular weight excluding hydrogens is 572 g/mol. The van der Waals surface area contributed by atoms with Crippen LogP contribution in [0.1, 0.15) is 19.4 Å². The summed E-state index contributed by atoms with van der Waals surface area (Å²) in [6.45, 7) is 3.66. The number of sulfonamides is 1. The van der Waals surface area contributed by atoms with Crippen LogP contribution < -0.4 is 20.1 Å². The average molecular weight is 611 g/mol. The van der Waals surface area contributed by atoms with Crippen molar-refractivity contribution in [1.82, 2.24) is 9.21 Å². The van der Waals surface area contributed by atoms with Crippen LogP contribution >= 0.6 is 0 Å². The highest BCUT2D eigenvalue weighted by Crippen LogP contribution is 2.30. The molecule has 12 heteroatoms. The number of fused-ring (bicyclic) bond motifs is 1. The molecule has 3 aromatic rings. The number of amides is 3. The number of nitrogens with zero attached hydrogens (tertiary/aromatic N) is 2. The molecule has 4 rings (SSSR count). The molecule has 0 unspecified atom stereocenters. The standard InChI is InChI=1S/C31H38N4O7S/c1-21-18-35(22(2)20-36)30(37)17-23-16-25(33-31(38)32-24-8-6-5-7-9-24)10-15-28(23)42-29(21)19-34(3)43(39,40)27-13-11-26(41-4)12-14-27/h5-16,21-22,29,36H,17-20H2,1-4H3,(H2,32,33,38)/t21-,22+,29-/m0/s1. The summed E-state index contributed by atoms with van der Waals surface area (Å²) in [5, 5.41) is 15.4. The minimum Gasteiger partial charge on any atom is -0.497 e. The van der Waals surface area contributed by atoms with Crippen LogP contribution in [0.5, 0.6) is 11.5 Å². The highest BCUT2D eigenvalue weighted by atomic mass is 32.2. The lowest BCUT2D eigenvalue weighted by atomic mass is 10.0. The van der Waals surface area contributed by atoms with E-state index in [1.54, 1.807) is 54.3 Å². The van der Waals surface area contributed by atoms with Crippen LogP contribution in [0, 0.1) is 5.92 Å². The molecule has 3 amide bonds. The normalized spacial score (nSPS) is 18.0. The van der Waals surface area contributed by atoms with E-state index >= 15 is 0 Å². The van der Waals surface area contributed by atoms with Crippen LogP contribution in [-0.4, -0.2) is 80.7 Å². The molecule has 0 saturated heterocycles. The van der Waals surface area contributed by atoms with Gasteiger partial charge in [0.25, 0.3) is 0 Å². The monoisotopic (exact) mass is 610 g/mol. The fourth-order valence-corrected chi connectivity index (χ4v) is 6.00. The fraction of sp³-hybridized carbons (Fsp3) is 0.355. The number of urea groups is 1. The molecule has 0 saturated carbocycles. The Hall–Kier alpha value is -4.13. The van der Waals surface area contributed by atoms with E-state index in [4.69, 9.17) is 9.47 Å². The Bertz CT molecular complexity index is 1520. The minimum absolute atomic E-state index is 0.00396. The molecule has 1 heterocycles. The predicted octanol–water partition coefficient (Wildman–Crippen LogP) is 3.81. The Morgan fingerprint density at radius 3 is 2.42 bits per heavy atom. The van der Waals surface area contributed by atoms with Gasteiger partial charge in [-0.05, 0) is 61.5 Å². The van der Waals surface area contributed by atoms with Gasteiger partial charge in [-0.1, -0.05) is 25.1 Å². The Morgan fingerprint density at radius 2 is 1.77 bits per heavy atom. The molecule has 0 spiro atoms. The zero-order chi connectivity index (χ0) is 31.1. The van der Waals surface area contributed by atoms with Crippen molar-refractivity contribution < 1.29 is 32.6 Å². The van der Waals surface area contributed by atoms with Gasteiger partial charge in [0.2, 0.25) is 15.9 Å². The van der Waals surface area contributed by atoms with Gasteiger partial charge in [0, 0.05) is 36.4 Å².